The summed E-state index contributed by atoms with van der Waals surface area (Å²) >= 11 is 0. The molecule has 1 aliphatic carbocycles. The minimum atomic E-state index is -0.164. The maximum atomic E-state index is 13.3. The Morgan fingerprint density at radius 2 is 1.78 bits per heavy atom. The molecule has 1 fully saturated rings. The number of nitrogen functional groups attached to an aromatic ring is 1. The molecule has 3 aromatic heterocycles. The first-order valence-electron chi connectivity index (χ1n) is 11.8. The molecular weight excluding hydrogens is 458 g/mol. The van der Waals surface area contributed by atoms with Crippen LogP contribution in [-0.2, 0) is 12.8 Å². The SMILES string of the molecule is COc1ccc2c(c1)CCc1cnc(-n3cc(C(=O)N4CCN(c5ncccn5)CC4)c(N)n3)nc1-2. The van der Waals surface area contributed by atoms with Crippen LogP contribution in [-0.4, -0.2) is 73.8 Å². The summed E-state index contributed by atoms with van der Waals surface area (Å²) in [6.45, 7) is 2.36. The zero-order chi connectivity index (χ0) is 24.6. The van der Waals surface area contributed by atoms with Crippen molar-refractivity contribution in [3.8, 4) is 23.0 Å². The first-order valence-corrected chi connectivity index (χ1v) is 11.8. The number of hydrogen-bond acceptors (Lipinski definition) is 9. The molecule has 11 nitrogen and oxygen atoms in total. The molecule has 182 valence electrons. The molecule has 4 heterocycles. The van der Waals surface area contributed by atoms with Gasteiger partial charge in [-0.25, -0.2) is 24.6 Å². The van der Waals surface area contributed by atoms with Gasteiger partial charge in [-0.05, 0) is 48.2 Å². The van der Waals surface area contributed by atoms with Crippen molar-refractivity contribution in [2.45, 2.75) is 12.8 Å². The van der Waals surface area contributed by atoms with E-state index in [1.165, 1.54) is 10.2 Å². The quantitative estimate of drug-likeness (QED) is 0.462. The number of carbonyl (C=O) groups is 1. The van der Waals surface area contributed by atoms with Gasteiger partial charge in [0.1, 0.15) is 11.3 Å². The molecule has 1 saturated heterocycles. The van der Waals surface area contributed by atoms with Crippen LogP contribution in [0.15, 0.2) is 49.1 Å². The summed E-state index contributed by atoms with van der Waals surface area (Å²) in [5.74, 6) is 1.85. The van der Waals surface area contributed by atoms with Gasteiger partial charge in [0, 0.05) is 56.5 Å². The van der Waals surface area contributed by atoms with Crippen LogP contribution in [0.25, 0.3) is 17.2 Å². The summed E-state index contributed by atoms with van der Waals surface area (Å²) < 4.78 is 6.85. The van der Waals surface area contributed by atoms with Gasteiger partial charge in [-0.15, -0.1) is 5.10 Å². The lowest BCUT2D eigenvalue weighted by molar-refractivity contribution is 0.0747. The van der Waals surface area contributed by atoms with E-state index < -0.39 is 0 Å². The zero-order valence-electron chi connectivity index (χ0n) is 19.8. The van der Waals surface area contributed by atoms with E-state index in [4.69, 9.17) is 15.5 Å². The molecule has 1 amide bonds. The molecule has 1 aliphatic heterocycles. The van der Waals surface area contributed by atoms with E-state index in [9.17, 15) is 4.79 Å². The number of piperazine rings is 1. The van der Waals surface area contributed by atoms with Crippen molar-refractivity contribution in [3.05, 3.63) is 65.7 Å². The summed E-state index contributed by atoms with van der Waals surface area (Å²) in [6.07, 6.45) is 8.62. The van der Waals surface area contributed by atoms with Crippen molar-refractivity contribution >= 4 is 17.7 Å². The second-order valence-electron chi connectivity index (χ2n) is 8.77. The molecule has 6 rings (SSSR count). The number of amides is 1. The van der Waals surface area contributed by atoms with E-state index in [1.54, 1.807) is 36.7 Å². The maximum absolute atomic E-state index is 13.3. The van der Waals surface area contributed by atoms with Crippen LogP contribution in [0.2, 0.25) is 0 Å². The second-order valence-corrected chi connectivity index (χ2v) is 8.77. The lowest BCUT2D eigenvalue weighted by Crippen LogP contribution is -2.49. The number of anilines is 2. The van der Waals surface area contributed by atoms with Crippen LogP contribution in [0, 0.1) is 0 Å². The van der Waals surface area contributed by atoms with Crippen molar-refractivity contribution in [1.29, 1.82) is 0 Å². The van der Waals surface area contributed by atoms with E-state index >= 15 is 0 Å². The van der Waals surface area contributed by atoms with Crippen LogP contribution in [0.1, 0.15) is 21.5 Å². The highest BCUT2D eigenvalue weighted by Gasteiger charge is 2.27. The summed E-state index contributed by atoms with van der Waals surface area (Å²) in [7, 11) is 1.66. The van der Waals surface area contributed by atoms with Gasteiger partial charge in [0.05, 0.1) is 12.8 Å². The monoisotopic (exact) mass is 483 g/mol. The van der Waals surface area contributed by atoms with E-state index in [2.05, 4.69) is 25.0 Å². The molecule has 2 N–H and O–H groups in total. The Morgan fingerprint density at radius 1 is 1.00 bits per heavy atom. The first-order chi connectivity index (χ1) is 17.6. The first kappa shape index (κ1) is 22.0. The highest BCUT2D eigenvalue weighted by Crippen LogP contribution is 2.34. The van der Waals surface area contributed by atoms with Gasteiger partial charge in [0.2, 0.25) is 5.95 Å². The van der Waals surface area contributed by atoms with Crippen LogP contribution in [0.5, 0.6) is 5.75 Å². The van der Waals surface area contributed by atoms with Gasteiger partial charge in [-0.1, -0.05) is 0 Å². The summed E-state index contributed by atoms with van der Waals surface area (Å²) in [5, 5.41) is 4.36. The number of carbonyl (C=O) groups excluding carboxylic acids is 1. The zero-order valence-corrected chi connectivity index (χ0v) is 19.8. The molecule has 0 radical (unpaired) electrons. The number of aromatic nitrogens is 6. The minimum absolute atomic E-state index is 0.153. The topological polar surface area (TPSA) is 128 Å². The molecule has 2 aliphatic rings. The molecular formula is C25H25N9O2. The van der Waals surface area contributed by atoms with Crippen molar-refractivity contribution in [2.75, 3.05) is 43.9 Å². The van der Waals surface area contributed by atoms with Gasteiger partial charge in [0.15, 0.2) is 5.82 Å². The molecule has 0 unspecified atom stereocenters. The van der Waals surface area contributed by atoms with Gasteiger partial charge in [-0.2, -0.15) is 0 Å². The van der Waals surface area contributed by atoms with E-state index in [0.29, 0.717) is 43.6 Å². The fourth-order valence-corrected chi connectivity index (χ4v) is 4.72. The average Bonchev–Trinajstić information content (AvgIpc) is 3.33. The maximum Gasteiger partial charge on any atom is 0.259 e. The minimum Gasteiger partial charge on any atom is -0.497 e. The number of nitrogens with zero attached hydrogens (tertiary/aromatic N) is 8. The Labute approximate surface area is 207 Å². The highest BCUT2D eigenvalue weighted by atomic mass is 16.5. The van der Waals surface area contributed by atoms with Crippen LogP contribution in [0.4, 0.5) is 11.8 Å². The number of benzene rings is 1. The predicted octanol–water partition coefficient (Wildman–Crippen LogP) is 1.77. The largest absolute Gasteiger partial charge is 0.497 e. The molecule has 4 aromatic rings. The van der Waals surface area contributed by atoms with E-state index in [-0.39, 0.29) is 11.7 Å². The molecule has 11 heteroatoms. The second kappa shape index (κ2) is 8.91. The highest BCUT2D eigenvalue weighted by molar-refractivity contribution is 5.98. The van der Waals surface area contributed by atoms with Gasteiger partial charge in [0.25, 0.3) is 11.9 Å². The fraction of sp³-hybridized carbons (Fsp3) is 0.280. The molecule has 0 bridgehead atoms. The van der Waals surface area contributed by atoms with Crippen molar-refractivity contribution in [3.63, 3.8) is 0 Å². The average molecular weight is 484 g/mol. The number of hydrogen-bond donors (Lipinski definition) is 1. The third-order valence-electron chi connectivity index (χ3n) is 6.66. The molecule has 1 aromatic carbocycles. The molecule has 36 heavy (non-hydrogen) atoms. The lowest BCUT2D eigenvalue weighted by atomic mass is 9.90. The number of ether oxygens (including phenoxy) is 1. The summed E-state index contributed by atoms with van der Waals surface area (Å²) in [6, 6.07) is 7.79. The standard InChI is InChI=1S/C25H25N9O2/c1-36-18-5-6-19-16(13-18)3-4-17-14-29-25(30-21(17)19)34-15-20(22(26)31-34)23(35)32-9-11-33(12-10-32)24-27-7-2-8-28-24/h2,5-8,13-15H,3-4,9-12H2,1H3,(H2,26,31). The van der Waals surface area contributed by atoms with Gasteiger partial charge < -0.3 is 20.3 Å². The number of aryl methyl sites for hydroxylation is 2. The van der Waals surface area contributed by atoms with Gasteiger partial charge in [-0.3, -0.25) is 4.79 Å². The summed E-state index contributed by atoms with van der Waals surface area (Å²) in [5.41, 5.74) is 10.7. The van der Waals surface area contributed by atoms with Crippen molar-refractivity contribution in [2.24, 2.45) is 0 Å². The lowest BCUT2D eigenvalue weighted by Gasteiger charge is -2.34. The normalized spacial score (nSPS) is 14.8. The summed E-state index contributed by atoms with van der Waals surface area (Å²) in [4.78, 5) is 35.0. The van der Waals surface area contributed by atoms with Gasteiger partial charge >= 0.3 is 0 Å². The number of rotatable bonds is 4. The van der Waals surface area contributed by atoms with Crippen molar-refractivity contribution in [1.82, 2.24) is 34.6 Å². The Morgan fingerprint density at radius 3 is 2.56 bits per heavy atom. The molecule has 0 spiro atoms. The Balaban J connectivity index is 1.23. The molecule has 0 saturated carbocycles. The number of fused-ring (bicyclic) bond motifs is 3. The van der Waals surface area contributed by atoms with Crippen LogP contribution < -0.4 is 15.4 Å². The van der Waals surface area contributed by atoms with Crippen LogP contribution >= 0.6 is 0 Å². The number of methoxy groups -OCH3 is 1. The third-order valence-corrected chi connectivity index (χ3v) is 6.66. The van der Waals surface area contributed by atoms with Crippen LogP contribution in [0.3, 0.4) is 0 Å². The Hall–Kier alpha value is -4.54. The van der Waals surface area contributed by atoms with Crippen molar-refractivity contribution < 1.29 is 9.53 Å². The third kappa shape index (κ3) is 3.88. The Bertz CT molecular complexity index is 1430. The molecule has 0 atom stereocenters. The number of nitrogens with two attached hydrogens (primary N) is 1. The van der Waals surface area contributed by atoms with E-state index in [0.717, 1.165) is 35.4 Å². The predicted molar refractivity (Wildman–Crippen MR) is 133 cm³/mol. The Kier molecular flexibility index (Phi) is 5.44. The fourth-order valence-electron chi connectivity index (χ4n) is 4.72. The van der Waals surface area contributed by atoms with E-state index in [1.807, 2.05) is 24.4 Å². The smallest absolute Gasteiger partial charge is 0.259 e.